The maximum Gasteiger partial charge on any atom is 0.122 e. The van der Waals surface area contributed by atoms with Gasteiger partial charge in [-0.25, -0.2) is 4.98 Å². The van der Waals surface area contributed by atoms with Crippen molar-refractivity contribution in [3.8, 4) is 5.75 Å². The lowest BCUT2D eigenvalue weighted by molar-refractivity contribution is 0.0498. The minimum absolute atomic E-state index is 0.219. The average molecular weight is 426 g/mol. The molecule has 2 aromatic carbocycles. The average Bonchev–Trinajstić information content (AvgIpc) is 3.16. The minimum Gasteiger partial charge on any atom is -0.496 e. The number of aliphatic hydroxyl groups excluding tert-OH is 1. The smallest absolute Gasteiger partial charge is 0.122 e. The summed E-state index contributed by atoms with van der Waals surface area (Å²) in [7, 11) is 1.73. The maximum atomic E-state index is 9.67. The normalized spacial score (nSPS) is 18.2. The van der Waals surface area contributed by atoms with Crippen LogP contribution in [0.2, 0.25) is 0 Å². The van der Waals surface area contributed by atoms with Gasteiger partial charge in [-0.15, -0.1) is 11.3 Å². The van der Waals surface area contributed by atoms with E-state index in [0.717, 1.165) is 50.4 Å². The summed E-state index contributed by atoms with van der Waals surface area (Å²) in [5.41, 5.74) is 4.95. The molecule has 3 aromatic rings. The highest BCUT2D eigenvalue weighted by Gasteiger charge is 2.27. The number of benzene rings is 2. The Morgan fingerprint density at radius 2 is 1.93 bits per heavy atom. The molecule has 1 atom stereocenters. The molecule has 1 fully saturated rings. The SMILES string of the molecule is COc1ccc(CN2CCN(Cc3nc4ccccc4s3)C[C@H]2CCO)c(C)c1C. The predicted octanol–water partition coefficient (Wildman–Crippen LogP) is 3.99. The van der Waals surface area contributed by atoms with Gasteiger partial charge >= 0.3 is 0 Å². The van der Waals surface area contributed by atoms with Gasteiger partial charge in [0.05, 0.1) is 23.9 Å². The fourth-order valence-corrected chi connectivity index (χ4v) is 5.38. The Kier molecular flexibility index (Phi) is 6.68. The Morgan fingerprint density at radius 1 is 1.10 bits per heavy atom. The number of thiazole rings is 1. The Hall–Kier alpha value is -1.99. The molecule has 1 aromatic heterocycles. The molecule has 5 nitrogen and oxygen atoms in total. The zero-order valence-electron chi connectivity index (χ0n) is 18.1. The molecule has 0 unspecified atom stereocenters. The fraction of sp³-hybridized carbons (Fsp3) is 0.458. The van der Waals surface area contributed by atoms with Crippen LogP contribution in [-0.2, 0) is 13.1 Å². The largest absolute Gasteiger partial charge is 0.496 e. The van der Waals surface area contributed by atoms with E-state index in [-0.39, 0.29) is 6.61 Å². The lowest BCUT2D eigenvalue weighted by Gasteiger charge is -2.41. The zero-order chi connectivity index (χ0) is 21.1. The first-order valence-corrected chi connectivity index (χ1v) is 11.5. The van der Waals surface area contributed by atoms with Gasteiger partial charge in [0.1, 0.15) is 10.8 Å². The quantitative estimate of drug-likeness (QED) is 0.620. The van der Waals surface area contributed by atoms with Gasteiger partial charge in [0.25, 0.3) is 0 Å². The minimum atomic E-state index is 0.219. The van der Waals surface area contributed by atoms with Crippen LogP contribution >= 0.6 is 11.3 Å². The van der Waals surface area contributed by atoms with Crippen molar-refractivity contribution < 1.29 is 9.84 Å². The van der Waals surface area contributed by atoms with Crippen LogP contribution in [0.25, 0.3) is 10.2 Å². The molecule has 0 radical (unpaired) electrons. The van der Waals surface area contributed by atoms with Crippen molar-refractivity contribution in [2.24, 2.45) is 0 Å². The van der Waals surface area contributed by atoms with Crippen LogP contribution in [0.4, 0.5) is 0 Å². The highest BCUT2D eigenvalue weighted by atomic mass is 32.1. The van der Waals surface area contributed by atoms with Gasteiger partial charge in [0.2, 0.25) is 0 Å². The Bertz CT molecular complexity index is 970. The first-order chi connectivity index (χ1) is 14.6. The molecule has 30 heavy (non-hydrogen) atoms. The van der Waals surface area contributed by atoms with Crippen molar-refractivity contribution in [3.63, 3.8) is 0 Å². The number of fused-ring (bicyclic) bond motifs is 1. The number of nitrogens with zero attached hydrogens (tertiary/aromatic N) is 3. The van der Waals surface area contributed by atoms with E-state index in [0.29, 0.717) is 6.04 Å². The molecule has 4 rings (SSSR count). The van der Waals surface area contributed by atoms with E-state index in [1.54, 1.807) is 18.4 Å². The van der Waals surface area contributed by atoms with E-state index >= 15 is 0 Å². The van der Waals surface area contributed by atoms with Crippen LogP contribution in [0.15, 0.2) is 36.4 Å². The van der Waals surface area contributed by atoms with Crippen molar-refractivity contribution in [2.75, 3.05) is 33.4 Å². The summed E-state index contributed by atoms with van der Waals surface area (Å²) in [5, 5.41) is 10.8. The molecular formula is C24H31N3O2S. The first kappa shape index (κ1) is 21.2. The molecular weight excluding hydrogens is 394 g/mol. The molecule has 1 saturated heterocycles. The van der Waals surface area contributed by atoms with Crippen molar-refractivity contribution >= 4 is 21.6 Å². The van der Waals surface area contributed by atoms with Crippen LogP contribution in [0, 0.1) is 13.8 Å². The molecule has 6 heteroatoms. The highest BCUT2D eigenvalue weighted by molar-refractivity contribution is 7.18. The third-order valence-electron chi connectivity index (χ3n) is 6.29. The predicted molar refractivity (Wildman–Crippen MR) is 123 cm³/mol. The van der Waals surface area contributed by atoms with Crippen molar-refractivity contribution in [3.05, 3.63) is 58.1 Å². The second-order valence-electron chi connectivity index (χ2n) is 8.12. The number of methoxy groups -OCH3 is 1. The number of hydrogen-bond donors (Lipinski definition) is 1. The molecule has 2 heterocycles. The van der Waals surface area contributed by atoms with Crippen LogP contribution in [-0.4, -0.2) is 59.3 Å². The lowest BCUT2D eigenvalue weighted by Crippen LogP contribution is -2.52. The molecule has 0 bridgehead atoms. The third kappa shape index (κ3) is 4.52. The molecule has 0 saturated carbocycles. The van der Waals surface area contributed by atoms with Crippen LogP contribution in [0.5, 0.6) is 5.75 Å². The Morgan fingerprint density at radius 3 is 2.70 bits per heavy atom. The van der Waals surface area contributed by atoms with Crippen molar-refractivity contribution in [2.45, 2.75) is 39.4 Å². The van der Waals surface area contributed by atoms with E-state index in [2.05, 4.69) is 54.0 Å². The first-order valence-electron chi connectivity index (χ1n) is 10.6. The summed E-state index contributed by atoms with van der Waals surface area (Å²) in [5.74, 6) is 0.948. The topological polar surface area (TPSA) is 48.8 Å². The van der Waals surface area contributed by atoms with Crippen LogP contribution < -0.4 is 4.74 Å². The van der Waals surface area contributed by atoms with Crippen molar-refractivity contribution in [1.82, 2.24) is 14.8 Å². The van der Waals surface area contributed by atoms with Gasteiger partial charge < -0.3 is 9.84 Å². The summed E-state index contributed by atoms with van der Waals surface area (Å²) < 4.78 is 6.72. The second kappa shape index (κ2) is 9.43. The number of aliphatic hydroxyl groups is 1. The van der Waals surface area contributed by atoms with Gasteiger partial charge in [-0.3, -0.25) is 9.80 Å². The fourth-order valence-electron chi connectivity index (χ4n) is 4.37. The lowest BCUT2D eigenvalue weighted by atomic mass is 10.00. The van der Waals surface area contributed by atoms with E-state index < -0.39 is 0 Å². The van der Waals surface area contributed by atoms with E-state index in [9.17, 15) is 5.11 Å². The molecule has 0 amide bonds. The summed E-state index contributed by atoms with van der Waals surface area (Å²) in [4.78, 5) is 9.82. The summed E-state index contributed by atoms with van der Waals surface area (Å²) in [6.07, 6.45) is 0.796. The van der Waals surface area contributed by atoms with E-state index in [1.165, 1.54) is 26.4 Å². The van der Waals surface area contributed by atoms with Crippen LogP contribution in [0.3, 0.4) is 0 Å². The van der Waals surface area contributed by atoms with Gasteiger partial charge in [-0.2, -0.15) is 0 Å². The maximum absolute atomic E-state index is 9.67. The Balaban J connectivity index is 1.44. The van der Waals surface area contributed by atoms with E-state index in [4.69, 9.17) is 9.72 Å². The monoisotopic (exact) mass is 425 g/mol. The Labute approximate surface area is 182 Å². The zero-order valence-corrected chi connectivity index (χ0v) is 18.9. The van der Waals surface area contributed by atoms with E-state index in [1.807, 2.05) is 6.07 Å². The summed E-state index contributed by atoms with van der Waals surface area (Å²) in [6, 6.07) is 12.9. The number of aromatic nitrogens is 1. The number of hydrogen-bond acceptors (Lipinski definition) is 6. The molecule has 1 aliphatic rings. The summed E-state index contributed by atoms with van der Waals surface area (Å²) in [6.45, 7) is 9.30. The van der Waals surface area contributed by atoms with Crippen LogP contribution in [0.1, 0.15) is 28.1 Å². The second-order valence-corrected chi connectivity index (χ2v) is 9.24. The third-order valence-corrected chi connectivity index (χ3v) is 7.31. The molecule has 1 aliphatic heterocycles. The molecule has 160 valence electrons. The van der Waals surface area contributed by atoms with Crippen molar-refractivity contribution in [1.29, 1.82) is 0 Å². The van der Waals surface area contributed by atoms with Gasteiger partial charge in [-0.05, 0) is 55.2 Å². The molecule has 0 aliphatic carbocycles. The molecule has 0 spiro atoms. The number of para-hydroxylation sites is 1. The molecule has 1 N–H and O–H groups in total. The van der Waals surface area contributed by atoms with Gasteiger partial charge in [-0.1, -0.05) is 18.2 Å². The number of piperazine rings is 1. The summed E-state index contributed by atoms with van der Waals surface area (Å²) >= 11 is 1.79. The van der Waals surface area contributed by atoms with Gasteiger partial charge in [0.15, 0.2) is 0 Å². The number of rotatable bonds is 7. The number of ether oxygens (including phenoxy) is 1. The highest BCUT2D eigenvalue weighted by Crippen LogP contribution is 2.27. The standard InChI is InChI=1S/C24H31N3O2S/c1-17-18(2)22(29-3)9-8-19(17)14-27-12-11-26(15-20(27)10-13-28)16-24-25-21-6-4-5-7-23(21)30-24/h4-9,20,28H,10-16H2,1-3H3/t20-/m1/s1. The van der Waals surface area contributed by atoms with Gasteiger partial charge in [0, 0.05) is 38.8 Å².